The fourth-order valence-electron chi connectivity index (χ4n) is 1.35. The number of carbonyl (C=O) groups is 2. The van der Waals surface area contributed by atoms with Crippen molar-refractivity contribution in [2.75, 3.05) is 11.9 Å². The van der Waals surface area contributed by atoms with E-state index in [0.29, 0.717) is 5.69 Å². The second-order valence-electron chi connectivity index (χ2n) is 3.51. The second-order valence-corrected chi connectivity index (χ2v) is 3.51. The second kappa shape index (κ2) is 5.67. The van der Waals surface area contributed by atoms with E-state index in [1.54, 1.807) is 24.3 Å². The normalized spacial score (nSPS) is 9.89. The van der Waals surface area contributed by atoms with Gasteiger partial charge in [-0.25, -0.2) is 4.79 Å². The van der Waals surface area contributed by atoms with Crippen molar-refractivity contribution in [2.45, 2.75) is 0 Å². The average Bonchev–Trinajstić information content (AvgIpc) is 2.91. The maximum absolute atomic E-state index is 11.7. The van der Waals surface area contributed by atoms with Crippen LogP contribution in [0.4, 0.5) is 5.69 Å². The Morgan fingerprint density at radius 1 is 1.32 bits per heavy atom. The van der Waals surface area contributed by atoms with Crippen molar-refractivity contribution in [1.82, 2.24) is 5.16 Å². The van der Waals surface area contributed by atoms with Gasteiger partial charge in [-0.05, 0) is 12.1 Å². The molecule has 2 N–H and O–H groups in total. The summed E-state index contributed by atoms with van der Waals surface area (Å²) in [5, 5.41) is 14.5. The van der Waals surface area contributed by atoms with Gasteiger partial charge in [0.1, 0.15) is 5.75 Å². The molecule has 19 heavy (non-hydrogen) atoms. The minimum atomic E-state index is -1.10. The molecule has 7 nitrogen and oxygen atoms in total. The first-order valence-corrected chi connectivity index (χ1v) is 5.32. The van der Waals surface area contributed by atoms with Crippen molar-refractivity contribution >= 4 is 17.6 Å². The van der Waals surface area contributed by atoms with Crippen molar-refractivity contribution in [2.24, 2.45) is 0 Å². The number of hydrogen-bond donors (Lipinski definition) is 2. The molecule has 98 valence electrons. The lowest BCUT2D eigenvalue weighted by atomic mass is 10.3. The van der Waals surface area contributed by atoms with E-state index in [1.807, 2.05) is 0 Å². The molecule has 0 bridgehead atoms. The topological polar surface area (TPSA) is 102 Å². The average molecular weight is 262 g/mol. The third-order valence-electron chi connectivity index (χ3n) is 2.15. The smallest absolute Gasteiger partial charge is 0.341 e. The number of carboxylic acid groups (broad SMARTS) is 1. The fraction of sp³-hybridized carbons (Fsp3) is 0.0833. The van der Waals surface area contributed by atoms with Crippen LogP contribution in [-0.4, -0.2) is 28.7 Å². The molecule has 2 rings (SSSR count). The minimum Gasteiger partial charge on any atom is -0.480 e. The molecule has 1 amide bonds. The first-order chi connectivity index (χ1) is 9.16. The molecule has 0 saturated heterocycles. The van der Waals surface area contributed by atoms with Gasteiger partial charge in [0.25, 0.3) is 5.91 Å². The molecule has 0 fully saturated rings. The van der Waals surface area contributed by atoms with Gasteiger partial charge in [0.05, 0.1) is 11.9 Å². The summed E-state index contributed by atoms with van der Waals surface area (Å²) < 4.78 is 9.76. The summed E-state index contributed by atoms with van der Waals surface area (Å²) in [6.07, 6.45) is 1.35. The summed E-state index contributed by atoms with van der Waals surface area (Å²) in [5.74, 6) is -1.29. The molecular formula is C12H10N2O5. The van der Waals surface area contributed by atoms with E-state index in [2.05, 4.69) is 10.5 Å². The fourth-order valence-corrected chi connectivity index (χ4v) is 1.35. The van der Waals surface area contributed by atoms with E-state index < -0.39 is 18.5 Å². The Morgan fingerprint density at radius 2 is 2.11 bits per heavy atom. The van der Waals surface area contributed by atoms with Crippen molar-refractivity contribution in [3.63, 3.8) is 0 Å². The number of nitrogens with zero attached hydrogens (tertiary/aromatic N) is 1. The number of aliphatic carboxylic acids is 1. The zero-order chi connectivity index (χ0) is 13.7. The monoisotopic (exact) mass is 262 g/mol. The molecule has 1 heterocycles. The molecule has 0 spiro atoms. The van der Waals surface area contributed by atoms with Gasteiger partial charge < -0.3 is 19.7 Å². The Hall–Kier alpha value is -2.83. The van der Waals surface area contributed by atoms with E-state index in [-0.39, 0.29) is 11.5 Å². The quantitative estimate of drug-likeness (QED) is 0.844. The molecule has 1 aromatic heterocycles. The third kappa shape index (κ3) is 3.32. The molecule has 2 aromatic rings. The predicted octanol–water partition coefficient (Wildman–Crippen LogP) is 1.39. The number of carbonyl (C=O) groups excluding carboxylic acids is 1. The zero-order valence-corrected chi connectivity index (χ0v) is 9.70. The van der Waals surface area contributed by atoms with Crippen LogP contribution in [0, 0.1) is 0 Å². The molecule has 1 aromatic carbocycles. The molecule has 0 aliphatic carbocycles. The molecule has 0 saturated carbocycles. The van der Waals surface area contributed by atoms with Gasteiger partial charge in [-0.3, -0.25) is 4.79 Å². The van der Waals surface area contributed by atoms with Crippen LogP contribution < -0.4 is 10.1 Å². The third-order valence-corrected chi connectivity index (χ3v) is 2.15. The van der Waals surface area contributed by atoms with Gasteiger partial charge >= 0.3 is 5.97 Å². The van der Waals surface area contributed by atoms with E-state index >= 15 is 0 Å². The van der Waals surface area contributed by atoms with Crippen LogP contribution in [0.3, 0.4) is 0 Å². The first-order valence-electron chi connectivity index (χ1n) is 5.32. The number of ether oxygens (including phenoxy) is 1. The lowest BCUT2D eigenvalue weighted by Gasteiger charge is -2.09. The molecule has 0 atom stereocenters. The van der Waals surface area contributed by atoms with Crippen LogP contribution >= 0.6 is 0 Å². The number of amides is 1. The van der Waals surface area contributed by atoms with Crippen LogP contribution in [0.2, 0.25) is 0 Å². The number of carboxylic acids is 1. The highest BCUT2D eigenvalue weighted by Crippen LogP contribution is 2.24. The number of anilines is 1. The number of benzene rings is 1. The highest BCUT2D eigenvalue weighted by molar-refractivity contribution is 6.02. The van der Waals surface area contributed by atoms with E-state index in [9.17, 15) is 9.59 Å². The number of para-hydroxylation sites is 2. The van der Waals surface area contributed by atoms with Gasteiger partial charge in [-0.2, -0.15) is 0 Å². The van der Waals surface area contributed by atoms with Crippen LogP contribution in [0.25, 0.3) is 0 Å². The van der Waals surface area contributed by atoms with E-state index in [4.69, 9.17) is 14.4 Å². The molecular weight excluding hydrogens is 252 g/mol. The summed E-state index contributed by atoms with van der Waals surface area (Å²) in [6.45, 7) is -0.491. The van der Waals surface area contributed by atoms with Crippen molar-refractivity contribution < 1.29 is 24.0 Å². The lowest BCUT2D eigenvalue weighted by molar-refractivity contribution is -0.139. The summed E-state index contributed by atoms with van der Waals surface area (Å²) in [6, 6.07) is 7.91. The molecule has 0 aliphatic rings. The maximum Gasteiger partial charge on any atom is 0.341 e. The Balaban J connectivity index is 2.11. The molecule has 0 aliphatic heterocycles. The minimum absolute atomic E-state index is 0.0491. The first kappa shape index (κ1) is 12.6. The van der Waals surface area contributed by atoms with Gasteiger partial charge in [-0.15, -0.1) is 0 Å². The zero-order valence-electron chi connectivity index (χ0n) is 9.70. The summed E-state index contributed by atoms with van der Waals surface area (Å²) in [7, 11) is 0. The highest BCUT2D eigenvalue weighted by Gasteiger charge is 2.13. The van der Waals surface area contributed by atoms with Gasteiger partial charge in [0.2, 0.25) is 5.76 Å². The maximum atomic E-state index is 11.7. The van der Waals surface area contributed by atoms with Crippen molar-refractivity contribution in [3.05, 3.63) is 42.3 Å². The van der Waals surface area contributed by atoms with Crippen molar-refractivity contribution in [1.29, 1.82) is 0 Å². The van der Waals surface area contributed by atoms with Gasteiger partial charge in [0, 0.05) is 6.07 Å². The number of rotatable bonds is 5. The Bertz CT molecular complexity index is 580. The van der Waals surface area contributed by atoms with Gasteiger partial charge in [0.15, 0.2) is 6.61 Å². The highest BCUT2D eigenvalue weighted by atomic mass is 16.5. The predicted molar refractivity (Wildman–Crippen MR) is 64.0 cm³/mol. The van der Waals surface area contributed by atoms with Crippen LogP contribution in [-0.2, 0) is 4.79 Å². The van der Waals surface area contributed by atoms with Crippen molar-refractivity contribution in [3.8, 4) is 5.75 Å². The Labute approximate surface area is 107 Å². The van der Waals surface area contributed by atoms with Crippen LogP contribution in [0.5, 0.6) is 5.75 Å². The number of aromatic nitrogens is 1. The molecule has 0 unspecified atom stereocenters. The standard InChI is InChI=1S/C12H10N2O5/c15-11(16)7-18-9-4-2-1-3-8(9)14-12(17)10-5-6-13-19-10/h1-6H,7H2,(H,14,17)(H,15,16). The Kier molecular flexibility index (Phi) is 3.77. The summed E-state index contributed by atoms with van der Waals surface area (Å²) in [5.41, 5.74) is 0.352. The number of hydrogen-bond acceptors (Lipinski definition) is 5. The number of nitrogens with one attached hydrogen (secondary N) is 1. The largest absolute Gasteiger partial charge is 0.480 e. The summed E-state index contributed by atoms with van der Waals surface area (Å²) >= 11 is 0. The van der Waals surface area contributed by atoms with Gasteiger partial charge in [-0.1, -0.05) is 17.3 Å². The van der Waals surface area contributed by atoms with Crippen LogP contribution in [0.1, 0.15) is 10.6 Å². The van der Waals surface area contributed by atoms with E-state index in [1.165, 1.54) is 12.3 Å². The molecule has 7 heteroatoms. The van der Waals surface area contributed by atoms with E-state index in [0.717, 1.165) is 0 Å². The molecule has 0 radical (unpaired) electrons. The Morgan fingerprint density at radius 3 is 2.79 bits per heavy atom. The SMILES string of the molecule is O=C(O)COc1ccccc1NC(=O)c1ccno1. The summed E-state index contributed by atoms with van der Waals surface area (Å²) in [4.78, 5) is 22.2. The van der Waals surface area contributed by atoms with Crippen LogP contribution in [0.15, 0.2) is 41.1 Å². The lowest BCUT2D eigenvalue weighted by Crippen LogP contribution is -2.14.